The summed E-state index contributed by atoms with van der Waals surface area (Å²) in [4.78, 5) is 15.0. The van der Waals surface area contributed by atoms with Gasteiger partial charge in [0.25, 0.3) is 0 Å². The Bertz CT molecular complexity index is 365. The van der Waals surface area contributed by atoms with Gasteiger partial charge in [0.2, 0.25) is 5.91 Å². The third-order valence-electron chi connectivity index (χ3n) is 2.12. The van der Waals surface area contributed by atoms with Crippen molar-refractivity contribution in [3.8, 4) is 0 Å². The van der Waals surface area contributed by atoms with Crippen LogP contribution in [0.5, 0.6) is 0 Å². The molecule has 0 bridgehead atoms. The van der Waals surface area contributed by atoms with Crippen molar-refractivity contribution in [1.29, 1.82) is 0 Å². The van der Waals surface area contributed by atoms with Crippen LogP contribution in [0.3, 0.4) is 0 Å². The smallest absolute Gasteiger partial charge is 0.239 e. The molecule has 1 fully saturated rings. The van der Waals surface area contributed by atoms with Crippen molar-refractivity contribution in [2.24, 2.45) is 0 Å². The Hall–Kier alpha value is -1.65. The van der Waals surface area contributed by atoms with Crippen LogP contribution in [0.4, 0.5) is 10.2 Å². The number of pyridine rings is 1. The Balaban J connectivity index is 1.81. The fourth-order valence-electron chi connectivity index (χ4n) is 1.19. The van der Waals surface area contributed by atoms with Gasteiger partial charge >= 0.3 is 0 Å². The molecule has 1 aromatic heterocycles. The molecule has 1 aliphatic carbocycles. The van der Waals surface area contributed by atoms with Gasteiger partial charge in [-0.25, -0.2) is 9.37 Å². The number of carbonyl (C=O) groups is 1. The van der Waals surface area contributed by atoms with Gasteiger partial charge in [-0.05, 0) is 25.0 Å². The first kappa shape index (κ1) is 9.89. The maximum Gasteiger partial charge on any atom is 0.239 e. The molecule has 5 heteroatoms. The van der Waals surface area contributed by atoms with Gasteiger partial charge < -0.3 is 10.6 Å². The van der Waals surface area contributed by atoms with E-state index in [0.29, 0.717) is 6.04 Å². The van der Waals surface area contributed by atoms with Gasteiger partial charge in [-0.3, -0.25) is 4.79 Å². The van der Waals surface area contributed by atoms with Crippen LogP contribution >= 0.6 is 0 Å². The highest BCUT2D eigenvalue weighted by Crippen LogP contribution is 2.18. The quantitative estimate of drug-likeness (QED) is 0.775. The SMILES string of the molecule is O=C(CNc1ncccc1F)NC1CC1. The average molecular weight is 209 g/mol. The first-order valence-corrected chi connectivity index (χ1v) is 4.89. The minimum Gasteiger partial charge on any atom is -0.359 e. The van der Waals surface area contributed by atoms with Gasteiger partial charge in [-0.15, -0.1) is 0 Å². The fourth-order valence-corrected chi connectivity index (χ4v) is 1.19. The summed E-state index contributed by atoms with van der Waals surface area (Å²) < 4.78 is 13.1. The summed E-state index contributed by atoms with van der Waals surface area (Å²) in [5.41, 5.74) is 0. The largest absolute Gasteiger partial charge is 0.359 e. The molecule has 0 aliphatic heterocycles. The van der Waals surface area contributed by atoms with Crippen molar-refractivity contribution in [2.75, 3.05) is 11.9 Å². The highest BCUT2D eigenvalue weighted by molar-refractivity contribution is 5.80. The third-order valence-corrected chi connectivity index (χ3v) is 2.12. The van der Waals surface area contributed by atoms with Crippen LogP contribution in [0.1, 0.15) is 12.8 Å². The van der Waals surface area contributed by atoms with Crippen LogP contribution in [0.15, 0.2) is 18.3 Å². The number of anilines is 1. The van der Waals surface area contributed by atoms with E-state index < -0.39 is 5.82 Å². The predicted molar refractivity (Wildman–Crippen MR) is 53.8 cm³/mol. The van der Waals surface area contributed by atoms with Gasteiger partial charge in [-0.2, -0.15) is 0 Å². The zero-order valence-corrected chi connectivity index (χ0v) is 8.16. The zero-order chi connectivity index (χ0) is 10.7. The molecule has 2 rings (SSSR count). The molecule has 80 valence electrons. The monoisotopic (exact) mass is 209 g/mol. The van der Waals surface area contributed by atoms with Gasteiger partial charge in [0.05, 0.1) is 6.54 Å². The van der Waals surface area contributed by atoms with Gasteiger partial charge in [0, 0.05) is 12.2 Å². The summed E-state index contributed by atoms with van der Waals surface area (Å²) in [5, 5.41) is 5.44. The Morgan fingerprint density at radius 2 is 2.40 bits per heavy atom. The molecule has 0 radical (unpaired) electrons. The van der Waals surface area contributed by atoms with Crippen molar-refractivity contribution < 1.29 is 9.18 Å². The number of halogens is 1. The molecule has 0 atom stereocenters. The zero-order valence-electron chi connectivity index (χ0n) is 8.16. The number of nitrogens with zero attached hydrogens (tertiary/aromatic N) is 1. The predicted octanol–water partition coefficient (Wildman–Crippen LogP) is 0.911. The van der Waals surface area contributed by atoms with Crippen molar-refractivity contribution in [2.45, 2.75) is 18.9 Å². The maximum absolute atomic E-state index is 13.1. The van der Waals surface area contributed by atoms with Gasteiger partial charge in [-0.1, -0.05) is 0 Å². The van der Waals surface area contributed by atoms with E-state index in [1.807, 2.05) is 0 Å². The highest BCUT2D eigenvalue weighted by Gasteiger charge is 2.22. The van der Waals surface area contributed by atoms with Crippen molar-refractivity contribution in [1.82, 2.24) is 10.3 Å². The Morgan fingerprint density at radius 3 is 3.07 bits per heavy atom. The van der Waals surface area contributed by atoms with E-state index in [1.54, 1.807) is 0 Å². The number of nitrogens with one attached hydrogen (secondary N) is 2. The number of hydrogen-bond acceptors (Lipinski definition) is 3. The van der Waals surface area contributed by atoms with Crippen LogP contribution in [0, 0.1) is 5.82 Å². The second kappa shape index (κ2) is 4.25. The minimum atomic E-state index is -0.447. The topological polar surface area (TPSA) is 54.0 Å². The summed E-state index contributed by atoms with van der Waals surface area (Å²) in [5.74, 6) is -0.456. The lowest BCUT2D eigenvalue weighted by Gasteiger charge is -2.06. The molecular formula is C10H12FN3O. The van der Waals surface area contributed by atoms with E-state index in [9.17, 15) is 9.18 Å². The van der Waals surface area contributed by atoms with Crippen LogP contribution < -0.4 is 10.6 Å². The van der Waals surface area contributed by atoms with E-state index in [1.165, 1.54) is 18.3 Å². The maximum atomic E-state index is 13.1. The first-order chi connectivity index (χ1) is 7.25. The summed E-state index contributed by atoms with van der Waals surface area (Å²) in [6.07, 6.45) is 3.57. The van der Waals surface area contributed by atoms with Crippen LogP contribution in [0.25, 0.3) is 0 Å². The average Bonchev–Trinajstić information content (AvgIpc) is 3.00. The van der Waals surface area contributed by atoms with Gasteiger partial charge in [0.15, 0.2) is 11.6 Å². The molecule has 0 unspecified atom stereocenters. The van der Waals surface area contributed by atoms with Crippen LogP contribution in [-0.4, -0.2) is 23.5 Å². The molecule has 1 saturated carbocycles. The molecule has 15 heavy (non-hydrogen) atoms. The minimum absolute atomic E-state index is 0.0600. The van der Waals surface area contributed by atoms with Crippen molar-refractivity contribution in [3.05, 3.63) is 24.1 Å². The Kier molecular flexibility index (Phi) is 2.80. The van der Waals surface area contributed by atoms with Crippen molar-refractivity contribution >= 4 is 11.7 Å². The second-order valence-corrected chi connectivity index (χ2v) is 3.53. The van der Waals surface area contributed by atoms with Crippen LogP contribution in [-0.2, 0) is 4.79 Å². The molecule has 1 heterocycles. The molecule has 1 aromatic rings. The molecule has 2 N–H and O–H groups in total. The lowest BCUT2D eigenvalue weighted by Crippen LogP contribution is -2.31. The summed E-state index contributed by atoms with van der Waals surface area (Å²) in [6, 6.07) is 3.13. The Morgan fingerprint density at radius 1 is 1.60 bits per heavy atom. The van der Waals surface area contributed by atoms with E-state index >= 15 is 0 Å². The molecule has 0 aromatic carbocycles. The highest BCUT2D eigenvalue weighted by atomic mass is 19.1. The third kappa shape index (κ3) is 2.90. The fraction of sp³-hybridized carbons (Fsp3) is 0.400. The van der Waals surface area contributed by atoms with Gasteiger partial charge in [0.1, 0.15) is 0 Å². The Labute approximate surface area is 86.9 Å². The number of rotatable bonds is 4. The molecule has 4 nitrogen and oxygen atoms in total. The van der Waals surface area contributed by atoms with Crippen LogP contribution in [0.2, 0.25) is 0 Å². The lowest BCUT2D eigenvalue weighted by molar-refractivity contribution is -0.119. The lowest BCUT2D eigenvalue weighted by atomic mass is 10.4. The molecular weight excluding hydrogens is 197 g/mol. The van der Waals surface area contributed by atoms with E-state index in [-0.39, 0.29) is 18.3 Å². The molecule has 0 saturated heterocycles. The standard InChI is InChI=1S/C10H12FN3O/c11-8-2-1-5-12-10(8)13-6-9(15)14-7-3-4-7/h1-2,5,7H,3-4,6H2,(H,12,13)(H,14,15). The first-order valence-electron chi connectivity index (χ1n) is 4.89. The number of aromatic nitrogens is 1. The summed E-state index contributed by atoms with van der Waals surface area (Å²) >= 11 is 0. The second-order valence-electron chi connectivity index (χ2n) is 3.53. The number of hydrogen-bond donors (Lipinski definition) is 2. The molecule has 1 aliphatic rings. The molecule has 1 amide bonds. The number of amides is 1. The van der Waals surface area contributed by atoms with E-state index in [0.717, 1.165) is 12.8 Å². The summed E-state index contributed by atoms with van der Waals surface area (Å²) in [7, 11) is 0. The molecule has 0 spiro atoms. The number of carbonyl (C=O) groups excluding carboxylic acids is 1. The van der Waals surface area contributed by atoms with E-state index in [4.69, 9.17) is 0 Å². The van der Waals surface area contributed by atoms with Crippen molar-refractivity contribution in [3.63, 3.8) is 0 Å². The summed E-state index contributed by atoms with van der Waals surface area (Å²) in [6.45, 7) is 0.0600. The normalized spacial score (nSPS) is 14.7. The van der Waals surface area contributed by atoms with E-state index in [2.05, 4.69) is 15.6 Å².